The Kier molecular flexibility index (Phi) is 7.96. The van der Waals surface area contributed by atoms with Gasteiger partial charge in [0.2, 0.25) is 0 Å². The lowest BCUT2D eigenvalue weighted by atomic mass is 9.82. The summed E-state index contributed by atoms with van der Waals surface area (Å²) in [4.78, 5) is 2.46. The van der Waals surface area contributed by atoms with Crippen molar-refractivity contribution in [2.24, 2.45) is 0 Å². The lowest BCUT2D eigenvalue weighted by Crippen LogP contribution is -2.18. The molecule has 2 aliphatic carbocycles. The fourth-order valence-electron chi connectivity index (χ4n) is 10.6. The lowest BCUT2D eigenvalue weighted by Gasteiger charge is -2.30. The van der Waals surface area contributed by atoms with E-state index in [0.29, 0.717) is 0 Å². The van der Waals surface area contributed by atoms with Crippen molar-refractivity contribution in [1.82, 2.24) is 0 Å². The predicted octanol–water partition coefficient (Wildman–Crippen LogP) is 16.7. The number of anilines is 3. The van der Waals surface area contributed by atoms with E-state index in [4.69, 9.17) is 4.42 Å². The van der Waals surface area contributed by atoms with Gasteiger partial charge < -0.3 is 9.32 Å². The number of para-hydroxylation sites is 1. The van der Waals surface area contributed by atoms with Crippen LogP contribution >= 0.6 is 0 Å². The van der Waals surface area contributed by atoms with Crippen molar-refractivity contribution in [3.8, 4) is 55.6 Å². The molecule has 2 heteroatoms. The number of fused-ring (bicyclic) bond motifs is 9. The van der Waals surface area contributed by atoms with Crippen LogP contribution in [0.25, 0.3) is 77.6 Å². The largest absolute Gasteiger partial charge is 0.456 e. The summed E-state index contributed by atoms with van der Waals surface area (Å²) in [5, 5.41) is 2.28. The van der Waals surface area contributed by atoms with Crippen LogP contribution in [0.1, 0.15) is 49.9 Å². The first-order chi connectivity index (χ1) is 30.2. The highest BCUT2D eigenvalue weighted by atomic mass is 16.3. The number of hydrogen-bond donors (Lipinski definition) is 0. The van der Waals surface area contributed by atoms with Gasteiger partial charge in [0.25, 0.3) is 0 Å². The SMILES string of the molecule is CC1(C)c2ccccc2-c2ccc(N(c3ccc(-c4cc(-c5ccccc5)cc(-c5ccc6c(c5)oc5ccccc56)c4)cc3)c3ccc4c(c3)C(C)(C)c3ccccc3-4)cc21. The van der Waals surface area contributed by atoms with E-state index < -0.39 is 0 Å². The Morgan fingerprint density at radius 2 is 0.758 bits per heavy atom. The van der Waals surface area contributed by atoms with Crippen molar-refractivity contribution in [2.45, 2.75) is 38.5 Å². The van der Waals surface area contributed by atoms with Gasteiger partial charge in [0, 0.05) is 38.7 Å². The van der Waals surface area contributed by atoms with Gasteiger partial charge in [-0.05, 0) is 151 Å². The summed E-state index contributed by atoms with van der Waals surface area (Å²) in [5.41, 5.74) is 22.8. The number of nitrogens with zero attached hydrogens (tertiary/aromatic N) is 1. The van der Waals surface area contributed by atoms with Crippen LogP contribution in [0.3, 0.4) is 0 Å². The molecule has 2 aliphatic rings. The van der Waals surface area contributed by atoms with Crippen LogP contribution in [0.2, 0.25) is 0 Å². The van der Waals surface area contributed by atoms with E-state index in [1.54, 1.807) is 0 Å². The first kappa shape index (κ1) is 36.4. The second-order valence-corrected chi connectivity index (χ2v) is 18.2. The van der Waals surface area contributed by atoms with Crippen molar-refractivity contribution >= 4 is 39.0 Å². The zero-order chi connectivity index (χ0) is 41.7. The molecule has 0 amide bonds. The predicted molar refractivity (Wildman–Crippen MR) is 260 cm³/mol. The maximum Gasteiger partial charge on any atom is 0.136 e. The smallest absolute Gasteiger partial charge is 0.136 e. The van der Waals surface area contributed by atoms with Gasteiger partial charge >= 0.3 is 0 Å². The van der Waals surface area contributed by atoms with Gasteiger partial charge in [-0.2, -0.15) is 0 Å². The number of furan rings is 1. The first-order valence-electron chi connectivity index (χ1n) is 21.7. The molecule has 1 heterocycles. The second-order valence-electron chi connectivity index (χ2n) is 18.2. The molecular weight excluding hydrogens is 751 g/mol. The standard InChI is InChI=1S/C60H45NO/c1-59(2)53-19-11-8-16-47(53)49-30-27-45(36-55(49)59)61(46-28-31-50-48-17-9-12-20-54(48)60(3,4)56(50)37-46)44-25-22-39(23-26-44)42-32-41(38-14-6-5-7-15-38)33-43(34-42)40-24-29-52-51-18-10-13-21-57(51)62-58(52)35-40/h5-37H,1-4H3. The highest BCUT2D eigenvalue weighted by Crippen LogP contribution is 2.53. The minimum absolute atomic E-state index is 0.116. The Balaban J connectivity index is 0.989. The highest BCUT2D eigenvalue weighted by molar-refractivity contribution is 6.06. The summed E-state index contributed by atoms with van der Waals surface area (Å²) in [7, 11) is 0. The Morgan fingerprint density at radius 3 is 1.37 bits per heavy atom. The molecule has 9 aromatic carbocycles. The molecule has 1 aromatic heterocycles. The van der Waals surface area contributed by atoms with E-state index >= 15 is 0 Å². The van der Waals surface area contributed by atoms with E-state index in [1.807, 2.05) is 12.1 Å². The fraction of sp³-hybridized carbons (Fsp3) is 0.100. The lowest BCUT2D eigenvalue weighted by molar-refractivity contribution is 0.660. The van der Waals surface area contributed by atoms with E-state index in [-0.39, 0.29) is 10.8 Å². The molecular formula is C60H45NO. The van der Waals surface area contributed by atoms with Crippen LogP contribution in [0.15, 0.2) is 205 Å². The fourth-order valence-corrected chi connectivity index (χ4v) is 10.6. The Hall–Kier alpha value is -7.42. The molecule has 10 aromatic rings. The van der Waals surface area contributed by atoms with E-state index in [9.17, 15) is 0 Å². The quantitative estimate of drug-likeness (QED) is 0.167. The Morgan fingerprint density at radius 1 is 0.306 bits per heavy atom. The molecule has 0 bridgehead atoms. The molecule has 0 atom stereocenters. The topological polar surface area (TPSA) is 16.4 Å². The summed E-state index contributed by atoms with van der Waals surface area (Å²) >= 11 is 0. The maximum atomic E-state index is 6.35. The zero-order valence-corrected chi connectivity index (χ0v) is 35.4. The average molecular weight is 796 g/mol. The number of hydrogen-bond acceptors (Lipinski definition) is 2. The molecule has 0 spiro atoms. The van der Waals surface area contributed by atoms with Crippen molar-refractivity contribution in [3.05, 3.63) is 222 Å². The molecule has 0 N–H and O–H groups in total. The summed E-state index contributed by atoms with van der Waals surface area (Å²) in [6.45, 7) is 9.45. The van der Waals surface area contributed by atoms with Crippen molar-refractivity contribution in [1.29, 1.82) is 0 Å². The van der Waals surface area contributed by atoms with Gasteiger partial charge in [-0.25, -0.2) is 0 Å². The van der Waals surface area contributed by atoms with Gasteiger partial charge in [-0.15, -0.1) is 0 Å². The van der Waals surface area contributed by atoms with E-state index in [1.165, 1.54) is 61.2 Å². The van der Waals surface area contributed by atoms with Gasteiger partial charge in [-0.1, -0.05) is 155 Å². The minimum atomic E-state index is -0.116. The third-order valence-electron chi connectivity index (χ3n) is 13.9. The van der Waals surface area contributed by atoms with Gasteiger partial charge in [0.05, 0.1) is 0 Å². The average Bonchev–Trinajstić information content (AvgIpc) is 3.88. The molecule has 0 radical (unpaired) electrons. The van der Waals surface area contributed by atoms with E-state index in [0.717, 1.165) is 55.7 Å². The molecule has 0 fully saturated rings. The van der Waals surface area contributed by atoms with Crippen LogP contribution in [0, 0.1) is 0 Å². The van der Waals surface area contributed by atoms with Crippen molar-refractivity contribution in [2.75, 3.05) is 4.90 Å². The van der Waals surface area contributed by atoms with E-state index in [2.05, 4.69) is 221 Å². The Bertz CT molecular complexity index is 3300. The van der Waals surface area contributed by atoms with Crippen LogP contribution in [-0.2, 0) is 10.8 Å². The second kappa shape index (κ2) is 13.5. The van der Waals surface area contributed by atoms with Crippen LogP contribution in [0.5, 0.6) is 0 Å². The van der Waals surface area contributed by atoms with Crippen molar-refractivity contribution in [3.63, 3.8) is 0 Å². The minimum Gasteiger partial charge on any atom is -0.456 e. The third-order valence-corrected chi connectivity index (χ3v) is 13.9. The summed E-state index contributed by atoms with van der Waals surface area (Å²) in [6.07, 6.45) is 0. The summed E-state index contributed by atoms with van der Waals surface area (Å²) in [5.74, 6) is 0. The van der Waals surface area contributed by atoms with Crippen molar-refractivity contribution < 1.29 is 4.42 Å². The normalized spacial score (nSPS) is 14.1. The molecule has 12 rings (SSSR count). The number of benzene rings is 9. The molecule has 62 heavy (non-hydrogen) atoms. The van der Waals surface area contributed by atoms with Gasteiger partial charge in [0.15, 0.2) is 0 Å². The third kappa shape index (κ3) is 5.56. The maximum absolute atomic E-state index is 6.35. The molecule has 2 nitrogen and oxygen atoms in total. The Labute approximate surface area is 363 Å². The van der Waals surface area contributed by atoms with Crippen LogP contribution < -0.4 is 4.90 Å². The van der Waals surface area contributed by atoms with Gasteiger partial charge in [0.1, 0.15) is 11.2 Å². The molecule has 296 valence electrons. The zero-order valence-electron chi connectivity index (χ0n) is 35.4. The summed E-state index contributed by atoms with van der Waals surface area (Å²) < 4.78 is 6.35. The molecule has 0 saturated heterocycles. The van der Waals surface area contributed by atoms with Crippen LogP contribution in [0.4, 0.5) is 17.1 Å². The highest BCUT2D eigenvalue weighted by Gasteiger charge is 2.37. The van der Waals surface area contributed by atoms with Gasteiger partial charge in [-0.3, -0.25) is 0 Å². The molecule has 0 aliphatic heterocycles. The summed E-state index contributed by atoms with van der Waals surface area (Å²) in [6, 6.07) is 73.7. The molecule has 0 saturated carbocycles. The molecule has 0 unspecified atom stereocenters. The van der Waals surface area contributed by atoms with Crippen LogP contribution in [-0.4, -0.2) is 0 Å². The first-order valence-corrected chi connectivity index (χ1v) is 21.7. The monoisotopic (exact) mass is 795 g/mol. The number of rotatable bonds is 6.